The Labute approximate surface area is 103 Å². The zero-order valence-corrected chi connectivity index (χ0v) is 9.55. The lowest BCUT2D eigenvalue weighted by Crippen LogP contribution is -2.24. The Morgan fingerprint density at radius 1 is 1.00 bits per heavy atom. The van der Waals surface area contributed by atoms with Crippen molar-refractivity contribution in [2.24, 2.45) is 0 Å². The van der Waals surface area contributed by atoms with Crippen LogP contribution in [-0.4, -0.2) is 27.2 Å². The second kappa shape index (κ2) is 3.71. The summed E-state index contributed by atoms with van der Waals surface area (Å²) < 4.78 is 0. The molecule has 2 aromatic rings. The molecular formula is C14H12O4. The van der Waals surface area contributed by atoms with Gasteiger partial charge < -0.3 is 15.3 Å². The fraction of sp³-hybridized carbons (Fsp3) is 0.214. The van der Waals surface area contributed by atoms with Crippen molar-refractivity contribution in [1.29, 1.82) is 0 Å². The van der Waals surface area contributed by atoms with E-state index < -0.39 is 6.10 Å². The fourth-order valence-corrected chi connectivity index (χ4v) is 2.58. The van der Waals surface area contributed by atoms with Crippen molar-refractivity contribution in [1.82, 2.24) is 0 Å². The van der Waals surface area contributed by atoms with Crippen LogP contribution in [0, 0.1) is 0 Å². The molecule has 0 aromatic heterocycles. The van der Waals surface area contributed by atoms with E-state index in [0.717, 1.165) is 0 Å². The van der Waals surface area contributed by atoms with Crippen molar-refractivity contribution in [2.75, 3.05) is 0 Å². The van der Waals surface area contributed by atoms with Gasteiger partial charge in [-0.05, 0) is 0 Å². The summed E-state index contributed by atoms with van der Waals surface area (Å²) in [6.45, 7) is 0. The van der Waals surface area contributed by atoms with Gasteiger partial charge in [0.2, 0.25) is 0 Å². The number of carbonyl (C=O) groups is 1. The highest BCUT2D eigenvalue weighted by Crippen LogP contribution is 2.42. The van der Waals surface area contributed by atoms with Gasteiger partial charge in [0.15, 0.2) is 5.78 Å². The number of aliphatic hydroxyl groups excluding tert-OH is 1. The van der Waals surface area contributed by atoms with Crippen molar-refractivity contribution in [3.8, 4) is 11.5 Å². The molecule has 0 saturated carbocycles. The maximum atomic E-state index is 11.9. The van der Waals surface area contributed by atoms with Crippen LogP contribution < -0.4 is 0 Å². The Bertz CT molecular complexity index is 660. The van der Waals surface area contributed by atoms with E-state index in [4.69, 9.17) is 0 Å². The highest BCUT2D eigenvalue weighted by atomic mass is 16.3. The molecule has 3 N–H and O–H groups in total. The lowest BCUT2D eigenvalue weighted by Gasteiger charge is -2.22. The molecular weight excluding hydrogens is 232 g/mol. The van der Waals surface area contributed by atoms with Gasteiger partial charge >= 0.3 is 0 Å². The first-order valence-corrected chi connectivity index (χ1v) is 5.76. The molecule has 1 atom stereocenters. The van der Waals surface area contributed by atoms with E-state index in [1.807, 2.05) is 0 Å². The summed E-state index contributed by atoms with van der Waals surface area (Å²) in [6.07, 6.45) is -0.625. The van der Waals surface area contributed by atoms with E-state index >= 15 is 0 Å². The number of Topliss-reactive ketones (excluding diaryl/α,β-unsaturated/α-hetero) is 1. The zero-order chi connectivity index (χ0) is 12.9. The molecule has 92 valence electrons. The van der Waals surface area contributed by atoms with Crippen LogP contribution >= 0.6 is 0 Å². The molecule has 0 radical (unpaired) electrons. The first-order chi connectivity index (χ1) is 8.59. The predicted octanol–water partition coefficient (Wildman–Crippen LogP) is 1.74. The molecule has 4 heteroatoms. The van der Waals surface area contributed by atoms with E-state index in [0.29, 0.717) is 16.3 Å². The molecule has 0 saturated heterocycles. The smallest absolute Gasteiger partial charge is 0.169 e. The van der Waals surface area contributed by atoms with Crippen LogP contribution in [0.1, 0.15) is 22.3 Å². The Hall–Kier alpha value is -2.07. The minimum Gasteiger partial charge on any atom is -0.507 e. The summed E-state index contributed by atoms with van der Waals surface area (Å²) in [4.78, 5) is 11.9. The second-order valence-electron chi connectivity index (χ2n) is 4.58. The summed E-state index contributed by atoms with van der Waals surface area (Å²) >= 11 is 0. The van der Waals surface area contributed by atoms with Gasteiger partial charge in [-0.1, -0.05) is 24.3 Å². The molecule has 18 heavy (non-hydrogen) atoms. The molecule has 0 unspecified atom stereocenters. The van der Waals surface area contributed by atoms with Crippen LogP contribution in [0.4, 0.5) is 0 Å². The number of aromatic hydroxyl groups is 2. The average Bonchev–Trinajstić information content (AvgIpc) is 2.35. The molecule has 3 rings (SSSR count). The zero-order valence-electron chi connectivity index (χ0n) is 9.55. The summed E-state index contributed by atoms with van der Waals surface area (Å²) in [5, 5.41) is 30.9. The van der Waals surface area contributed by atoms with Gasteiger partial charge in [-0.2, -0.15) is 0 Å². The first kappa shape index (κ1) is 11.0. The third-order valence-corrected chi connectivity index (χ3v) is 3.40. The molecule has 0 spiro atoms. The van der Waals surface area contributed by atoms with Gasteiger partial charge in [0.1, 0.15) is 11.5 Å². The van der Waals surface area contributed by atoms with Crippen molar-refractivity contribution >= 4 is 16.6 Å². The summed E-state index contributed by atoms with van der Waals surface area (Å²) in [6, 6.07) is 6.81. The highest BCUT2D eigenvalue weighted by molar-refractivity contribution is 6.09. The maximum Gasteiger partial charge on any atom is 0.169 e. The maximum absolute atomic E-state index is 11.9. The number of ketones is 1. The third kappa shape index (κ3) is 1.39. The average molecular weight is 244 g/mol. The molecule has 0 fully saturated rings. The molecule has 0 bridgehead atoms. The van der Waals surface area contributed by atoms with Crippen molar-refractivity contribution in [2.45, 2.75) is 18.9 Å². The Kier molecular flexibility index (Phi) is 2.28. The summed E-state index contributed by atoms with van der Waals surface area (Å²) in [7, 11) is 0. The van der Waals surface area contributed by atoms with E-state index in [-0.39, 0.29) is 35.7 Å². The molecule has 4 nitrogen and oxygen atoms in total. The highest BCUT2D eigenvalue weighted by Gasteiger charge is 2.30. The van der Waals surface area contributed by atoms with E-state index in [1.54, 1.807) is 24.3 Å². The van der Waals surface area contributed by atoms with Crippen LogP contribution in [-0.2, 0) is 6.42 Å². The summed E-state index contributed by atoms with van der Waals surface area (Å²) in [5.41, 5.74) is 0.492. The third-order valence-electron chi connectivity index (χ3n) is 3.40. The van der Waals surface area contributed by atoms with Gasteiger partial charge in [-0.15, -0.1) is 0 Å². The van der Waals surface area contributed by atoms with Crippen molar-refractivity contribution in [3.63, 3.8) is 0 Å². The lowest BCUT2D eigenvalue weighted by molar-refractivity contribution is 0.0848. The number of fused-ring (bicyclic) bond motifs is 2. The van der Waals surface area contributed by atoms with Crippen LogP contribution in [0.5, 0.6) is 11.5 Å². The minimum atomic E-state index is -0.795. The number of carbonyl (C=O) groups excluding carboxylic acids is 1. The number of hydrogen-bond acceptors (Lipinski definition) is 4. The second-order valence-corrected chi connectivity index (χ2v) is 4.58. The Morgan fingerprint density at radius 2 is 1.61 bits per heavy atom. The molecule has 1 aliphatic rings. The van der Waals surface area contributed by atoms with Crippen LogP contribution in [0.3, 0.4) is 0 Å². The van der Waals surface area contributed by atoms with Gasteiger partial charge in [-0.25, -0.2) is 0 Å². The topological polar surface area (TPSA) is 77.8 Å². The normalized spacial score (nSPS) is 18.9. The minimum absolute atomic E-state index is 0.0155. The molecule has 0 aliphatic heterocycles. The monoisotopic (exact) mass is 244 g/mol. The molecule has 0 heterocycles. The molecule has 1 aliphatic carbocycles. The molecule has 2 aromatic carbocycles. The van der Waals surface area contributed by atoms with Gasteiger partial charge in [0, 0.05) is 29.2 Å². The number of phenols is 2. The number of benzene rings is 2. The SMILES string of the molecule is O=C1C[C@H](O)Cc2c1c(O)c1ccccc1c2O. The van der Waals surface area contributed by atoms with E-state index in [1.165, 1.54) is 0 Å². The van der Waals surface area contributed by atoms with E-state index in [9.17, 15) is 20.1 Å². The first-order valence-electron chi connectivity index (χ1n) is 5.76. The lowest BCUT2D eigenvalue weighted by atomic mass is 9.85. The Morgan fingerprint density at radius 3 is 2.28 bits per heavy atom. The van der Waals surface area contributed by atoms with Crippen molar-refractivity contribution in [3.05, 3.63) is 35.4 Å². The fourth-order valence-electron chi connectivity index (χ4n) is 2.58. The number of rotatable bonds is 0. The van der Waals surface area contributed by atoms with Crippen molar-refractivity contribution < 1.29 is 20.1 Å². The van der Waals surface area contributed by atoms with E-state index in [2.05, 4.69) is 0 Å². The Balaban J connectivity index is 2.44. The van der Waals surface area contributed by atoms with Gasteiger partial charge in [-0.3, -0.25) is 4.79 Å². The quantitative estimate of drug-likeness (QED) is 0.617. The number of hydrogen-bond donors (Lipinski definition) is 3. The predicted molar refractivity (Wildman–Crippen MR) is 65.9 cm³/mol. The summed E-state index contributed by atoms with van der Waals surface area (Å²) in [5.74, 6) is -0.455. The van der Waals surface area contributed by atoms with Gasteiger partial charge in [0.25, 0.3) is 0 Å². The van der Waals surface area contributed by atoms with Crippen LogP contribution in [0.2, 0.25) is 0 Å². The number of aliphatic hydroxyl groups is 1. The largest absolute Gasteiger partial charge is 0.507 e. The van der Waals surface area contributed by atoms with Crippen LogP contribution in [0.15, 0.2) is 24.3 Å². The van der Waals surface area contributed by atoms with Gasteiger partial charge in [0.05, 0.1) is 11.7 Å². The molecule has 0 amide bonds. The standard InChI is InChI=1S/C14H12O4/c15-7-5-10-12(11(16)6-7)14(18)9-4-2-1-3-8(9)13(10)17/h1-4,7,15,17-18H,5-6H2/t7-/m1/s1. The van der Waals surface area contributed by atoms with Crippen LogP contribution in [0.25, 0.3) is 10.8 Å². The number of phenolic OH excluding ortho intramolecular Hbond substituents is 2.